The smallest absolute Gasteiger partial charge is 0.271 e. The summed E-state index contributed by atoms with van der Waals surface area (Å²) < 4.78 is 16.7. The Morgan fingerprint density at radius 1 is 1.14 bits per heavy atom. The number of hydrogen-bond donors (Lipinski definition) is 1. The lowest BCUT2D eigenvalue weighted by atomic mass is 9.97. The molecule has 4 aromatic rings. The molecule has 1 amide bonds. The fourth-order valence-electron chi connectivity index (χ4n) is 4.50. The van der Waals surface area contributed by atoms with Gasteiger partial charge in [-0.15, -0.1) is 0 Å². The Labute approximate surface area is 203 Å². The quantitative estimate of drug-likeness (QED) is 0.419. The Morgan fingerprint density at radius 3 is 2.77 bits per heavy atom. The van der Waals surface area contributed by atoms with Crippen molar-refractivity contribution in [3.63, 3.8) is 0 Å². The number of carbonyl (C=O) groups is 1. The molecule has 180 valence electrons. The van der Waals surface area contributed by atoms with Crippen LogP contribution in [-0.4, -0.2) is 53.3 Å². The highest BCUT2D eigenvalue weighted by atomic mass is 16.5. The van der Waals surface area contributed by atoms with Crippen molar-refractivity contribution in [2.75, 3.05) is 27.3 Å². The highest BCUT2D eigenvalue weighted by Crippen LogP contribution is 2.30. The Balaban J connectivity index is 1.25. The number of para-hydroxylation sites is 1. The van der Waals surface area contributed by atoms with Gasteiger partial charge in [0, 0.05) is 25.1 Å². The second-order valence-electron chi connectivity index (χ2n) is 8.65. The molecule has 0 radical (unpaired) electrons. The summed E-state index contributed by atoms with van der Waals surface area (Å²) in [6, 6.07) is 17.3. The van der Waals surface area contributed by atoms with Gasteiger partial charge in [-0.3, -0.25) is 9.89 Å². The fraction of sp³-hybridized carbons (Fsp3) is 0.296. The maximum atomic E-state index is 13.2. The fourth-order valence-corrected chi connectivity index (χ4v) is 4.50. The minimum absolute atomic E-state index is 0.0638. The first-order valence-corrected chi connectivity index (χ1v) is 11.7. The summed E-state index contributed by atoms with van der Waals surface area (Å²) in [6.07, 6.45) is 4.27. The van der Waals surface area contributed by atoms with Crippen LogP contribution >= 0.6 is 0 Å². The number of nitrogens with one attached hydrogen (secondary N) is 1. The van der Waals surface area contributed by atoms with E-state index in [-0.39, 0.29) is 11.8 Å². The van der Waals surface area contributed by atoms with E-state index < -0.39 is 0 Å². The number of carbonyl (C=O) groups excluding carboxylic acids is 1. The maximum absolute atomic E-state index is 13.2. The highest BCUT2D eigenvalue weighted by Gasteiger charge is 2.29. The number of methoxy groups -OCH3 is 2. The highest BCUT2D eigenvalue weighted by molar-refractivity contribution is 5.93. The second-order valence-corrected chi connectivity index (χ2v) is 8.65. The Morgan fingerprint density at radius 2 is 1.97 bits per heavy atom. The van der Waals surface area contributed by atoms with Gasteiger partial charge >= 0.3 is 0 Å². The number of aromatic nitrogens is 3. The van der Waals surface area contributed by atoms with Crippen LogP contribution in [0, 0.1) is 0 Å². The second kappa shape index (κ2) is 10.0. The third kappa shape index (κ3) is 4.91. The molecule has 0 bridgehead atoms. The molecule has 0 unspecified atom stereocenters. The Kier molecular flexibility index (Phi) is 6.52. The van der Waals surface area contributed by atoms with E-state index in [4.69, 9.17) is 13.9 Å². The summed E-state index contributed by atoms with van der Waals surface area (Å²) in [4.78, 5) is 19.6. The average Bonchev–Trinajstić information content (AvgIpc) is 3.59. The molecule has 3 heterocycles. The minimum Gasteiger partial charge on any atom is -0.497 e. The molecular weight excluding hydrogens is 444 g/mol. The summed E-state index contributed by atoms with van der Waals surface area (Å²) in [5.41, 5.74) is 3.10. The Hall–Kier alpha value is -4.07. The zero-order valence-corrected chi connectivity index (χ0v) is 19.9. The van der Waals surface area contributed by atoms with Crippen molar-refractivity contribution >= 4 is 5.91 Å². The molecule has 1 N–H and O–H groups in total. The number of rotatable bonds is 7. The van der Waals surface area contributed by atoms with Crippen molar-refractivity contribution in [3.8, 4) is 22.8 Å². The standard InChI is InChI=1S/C27H28N4O4/c1-33-20-11-9-18(10-12-20)14-21-16-28-26(35-21)19-6-5-13-31(17-19)27(32)24-15-23(29-30-24)22-7-3-4-8-25(22)34-2/h3-4,7-12,15-16,19H,5-6,13-14,17H2,1-2H3,(H,29,30)/t19-/m0/s1. The van der Waals surface area contributed by atoms with Gasteiger partial charge in [0.2, 0.25) is 0 Å². The van der Waals surface area contributed by atoms with Gasteiger partial charge in [0.15, 0.2) is 5.89 Å². The molecule has 1 aliphatic rings. The van der Waals surface area contributed by atoms with Crippen LogP contribution in [0.4, 0.5) is 0 Å². The van der Waals surface area contributed by atoms with Gasteiger partial charge in [-0.1, -0.05) is 24.3 Å². The van der Waals surface area contributed by atoms with Crippen molar-refractivity contribution in [1.82, 2.24) is 20.1 Å². The molecule has 35 heavy (non-hydrogen) atoms. The lowest BCUT2D eigenvalue weighted by Gasteiger charge is -2.30. The van der Waals surface area contributed by atoms with Gasteiger partial charge < -0.3 is 18.8 Å². The van der Waals surface area contributed by atoms with Gasteiger partial charge in [0.25, 0.3) is 5.91 Å². The molecule has 2 aromatic carbocycles. The first-order chi connectivity index (χ1) is 17.1. The predicted molar refractivity (Wildman–Crippen MR) is 131 cm³/mol. The molecule has 8 nitrogen and oxygen atoms in total. The number of oxazole rings is 1. The molecule has 1 aliphatic heterocycles. The number of amides is 1. The van der Waals surface area contributed by atoms with E-state index in [9.17, 15) is 4.79 Å². The summed E-state index contributed by atoms with van der Waals surface area (Å²) in [6.45, 7) is 1.25. The molecule has 2 aromatic heterocycles. The number of aromatic amines is 1. The summed E-state index contributed by atoms with van der Waals surface area (Å²) >= 11 is 0. The number of benzene rings is 2. The molecule has 5 rings (SSSR count). The predicted octanol–water partition coefficient (Wildman–Crippen LogP) is 4.69. The summed E-state index contributed by atoms with van der Waals surface area (Å²) in [5, 5.41) is 7.25. The Bertz CT molecular complexity index is 1290. The van der Waals surface area contributed by atoms with E-state index >= 15 is 0 Å². The monoisotopic (exact) mass is 472 g/mol. The maximum Gasteiger partial charge on any atom is 0.271 e. The molecule has 1 fully saturated rings. The lowest BCUT2D eigenvalue weighted by molar-refractivity contribution is 0.0692. The molecule has 0 spiro atoms. The van der Waals surface area contributed by atoms with Crippen LogP contribution < -0.4 is 9.47 Å². The van der Waals surface area contributed by atoms with Crippen LogP contribution in [0.5, 0.6) is 11.5 Å². The molecule has 8 heteroatoms. The third-order valence-electron chi connectivity index (χ3n) is 6.36. The summed E-state index contributed by atoms with van der Waals surface area (Å²) in [7, 11) is 3.28. The van der Waals surface area contributed by atoms with Crippen LogP contribution in [0.2, 0.25) is 0 Å². The number of ether oxygens (including phenoxy) is 2. The van der Waals surface area contributed by atoms with Crippen molar-refractivity contribution < 1.29 is 18.7 Å². The number of likely N-dealkylation sites (tertiary alicyclic amines) is 1. The average molecular weight is 473 g/mol. The van der Waals surface area contributed by atoms with Crippen molar-refractivity contribution in [1.29, 1.82) is 0 Å². The van der Waals surface area contributed by atoms with Crippen LogP contribution in [0.3, 0.4) is 0 Å². The van der Waals surface area contributed by atoms with E-state index in [1.807, 2.05) is 53.4 Å². The van der Waals surface area contributed by atoms with Crippen LogP contribution in [0.25, 0.3) is 11.3 Å². The summed E-state index contributed by atoms with van der Waals surface area (Å²) in [5.74, 6) is 3.02. The van der Waals surface area contributed by atoms with Crippen molar-refractivity contribution in [2.45, 2.75) is 25.2 Å². The van der Waals surface area contributed by atoms with E-state index in [1.54, 1.807) is 26.5 Å². The minimum atomic E-state index is -0.0756. The number of piperidine rings is 1. The van der Waals surface area contributed by atoms with Gasteiger partial charge in [-0.25, -0.2) is 4.98 Å². The molecule has 0 saturated carbocycles. The van der Waals surface area contributed by atoms with E-state index in [0.717, 1.165) is 35.5 Å². The SMILES string of the molecule is COc1ccc(Cc2cnc([C@H]3CCCN(C(=O)c4cc(-c5ccccc5OC)n[nH]4)C3)o2)cc1. The number of nitrogens with zero attached hydrogens (tertiary/aromatic N) is 3. The molecular formula is C27H28N4O4. The van der Waals surface area contributed by atoms with Gasteiger partial charge in [0.05, 0.1) is 32.0 Å². The van der Waals surface area contributed by atoms with Gasteiger partial charge in [-0.2, -0.15) is 5.10 Å². The topological polar surface area (TPSA) is 93.5 Å². The van der Waals surface area contributed by atoms with Crippen LogP contribution in [-0.2, 0) is 6.42 Å². The van der Waals surface area contributed by atoms with Crippen molar-refractivity contribution in [3.05, 3.63) is 83.7 Å². The zero-order chi connectivity index (χ0) is 24.2. The van der Waals surface area contributed by atoms with Crippen LogP contribution in [0.15, 0.2) is 65.2 Å². The number of hydrogen-bond acceptors (Lipinski definition) is 6. The molecule has 1 saturated heterocycles. The third-order valence-corrected chi connectivity index (χ3v) is 6.36. The molecule has 0 aliphatic carbocycles. The van der Waals surface area contributed by atoms with E-state index in [0.29, 0.717) is 42.5 Å². The van der Waals surface area contributed by atoms with Crippen molar-refractivity contribution in [2.24, 2.45) is 0 Å². The normalized spacial score (nSPS) is 15.7. The lowest BCUT2D eigenvalue weighted by Crippen LogP contribution is -2.39. The van der Waals surface area contributed by atoms with E-state index in [2.05, 4.69) is 15.2 Å². The number of H-pyrrole nitrogens is 1. The zero-order valence-electron chi connectivity index (χ0n) is 19.9. The van der Waals surface area contributed by atoms with Gasteiger partial charge in [-0.05, 0) is 48.7 Å². The van der Waals surface area contributed by atoms with Crippen LogP contribution in [0.1, 0.15) is 46.5 Å². The van der Waals surface area contributed by atoms with E-state index in [1.165, 1.54) is 0 Å². The largest absolute Gasteiger partial charge is 0.497 e. The molecule has 1 atom stereocenters. The first-order valence-electron chi connectivity index (χ1n) is 11.7. The first kappa shape index (κ1) is 22.7. The van der Waals surface area contributed by atoms with Gasteiger partial charge in [0.1, 0.15) is 23.0 Å².